The molecule has 1 amide bonds. The molecule has 1 fully saturated rings. The van der Waals surface area contributed by atoms with Gasteiger partial charge in [-0.3, -0.25) is 9.69 Å². The van der Waals surface area contributed by atoms with Crippen LogP contribution >= 0.6 is 0 Å². The molecule has 1 aliphatic rings. The fourth-order valence-electron chi connectivity index (χ4n) is 4.07. The Labute approximate surface area is 178 Å². The quantitative estimate of drug-likeness (QED) is 0.623. The molecule has 30 heavy (non-hydrogen) atoms. The predicted octanol–water partition coefficient (Wildman–Crippen LogP) is 4.17. The molecule has 0 saturated carbocycles. The number of benzene rings is 3. The second kappa shape index (κ2) is 9.59. The summed E-state index contributed by atoms with van der Waals surface area (Å²) in [6.45, 7) is 4.17. The third kappa shape index (κ3) is 4.71. The van der Waals surface area contributed by atoms with E-state index in [1.165, 1.54) is 5.56 Å². The van der Waals surface area contributed by atoms with Crippen LogP contribution in [0.15, 0.2) is 84.9 Å². The van der Waals surface area contributed by atoms with E-state index in [1.807, 2.05) is 53.4 Å². The van der Waals surface area contributed by atoms with E-state index in [1.54, 1.807) is 7.11 Å². The molecule has 154 valence electrons. The highest BCUT2D eigenvalue weighted by molar-refractivity contribution is 5.87. The second-order valence-electron chi connectivity index (χ2n) is 7.70. The first-order valence-corrected chi connectivity index (χ1v) is 10.5. The number of methoxy groups -OCH3 is 1. The lowest BCUT2D eigenvalue weighted by Crippen LogP contribution is -2.49. The van der Waals surface area contributed by atoms with E-state index in [-0.39, 0.29) is 11.8 Å². The molecule has 4 heteroatoms. The van der Waals surface area contributed by atoms with Gasteiger partial charge in [-0.05, 0) is 28.8 Å². The molecule has 0 aromatic heterocycles. The van der Waals surface area contributed by atoms with Crippen LogP contribution in [0.4, 0.5) is 0 Å². The van der Waals surface area contributed by atoms with Crippen molar-refractivity contribution in [3.05, 3.63) is 102 Å². The molecule has 0 bridgehead atoms. The van der Waals surface area contributed by atoms with Crippen LogP contribution in [0.1, 0.15) is 22.6 Å². The van der Waals surface area contributed by atoms with Gasteiger partial charge in [0.15, 0.2) is 0 Å². The number of carbonyl (C=O) groups is 1. The van der Waals surface area contributed by atoms with Gasteiger partial charge in [0, 0.05) is 32.7 Å². The first-order chi connectivity index (χ1) is 14.7. The Hall–Kier alpha value is -3.11. The Morgan fingerprint density at radius 2 is 1.33 bits per heavy atom. The van der Waals surface area contributed by atoms with Crippen molar-refractivity contribution in [3.63, 3.8) is 0 Å². The summed E-state index contributed by atoms with van der Waals surface area (Å²) in [4.78, 5) is 18.0. The number of ether oxygens (including phenoxy) is 1. The van der Waals surface area contributed by atoms with E-state index in [4.69, 9.17) is 4.74 Å². The highest BCUT2D eigenvalue weighted by Crippen LogP contribution is 2.27. The number of rotatable bonds is 6. The number of carbonyl (C=O) groups excluding carboxylic acids is 1. The van der Waals surface area contributed by atoms with E-state index in [0.29, 0.717) is 0 Å². The van der Waals surface area contributed by atoms with Crippen LogP contribution in [-0.4, -0.2) is 49.0 Å². The summed E-state index contributed by atoms with van der Waals surface area (Å²) in [6.07, 6.45) is 0. The smallest absolute Gasteiger partial charge is 0.234 e. The van der Waals surface area contributed by atoms with Gasteiger partial charge in [0.05, 0.1) is 13.0 Å². The summed E-state index contributed by atoms with van der Waals surface area (Å²) < 4.78 is 5.24. The van der Waals surface area contributed by atoms with E-state index in [0.717, 1.165) is 49.6 Å². The topological polar surface area (TPSA) is 32.8 Å². The van der Waals surface area contributed by atoms with E-state index >= 15 is 0 Å². The van der Waals surface area contributed by atoms with E-state index < -0.39 is 0 Å². The summed E-state index contributed by atoms with van der Waals surface area (Å²) in [7, 11) is 1.68. The maximum absolute atomic E-state index is 13.5. The van der Waals surface area contributed by atoms with E-state index in [2.05, 4.69) is 41.3 Å². The molecule has 0 radical (unpaired) electrons. The molecule has 4 nitrogen and oxygen atoms in total. The lowest BCUT2D eigenvalue weighted by atomic mass is 9.90. The molecule has 1 saturated heterocycles. The second-order valence-corrected chi connectivity index (χ2v) is 7.70. The van der Waals surface area contributed by atoms with E-state index in [9.17, 15) is 4.79 Å². The molecule has 0 unspecified atom stereocenters. The van der Waals surface area contributed by atoms with Crippen molar-refractivity contribution in [1.29, 1.82) is 0 Å². The summed E-state index contributed by atoms with van der Waals surface area (Å²) in [5, 5.41) is 0. The largest absolute Gasteiger partial charge is 0.497 e. The van der Waals surface area contributed by atoms with Gasteiger partial charge in [-0.15, -0.1) is 0 Å². The summed E-state index contributed by atoms with van der Waals surface area (Å²) in [5.74, 6) is 0.819. The van der Waals surface area contributed by atoms with Gasteiger partial charge in [-0.1, -0.05) is 72.8 Å². The predicted molar refractivity (Wildman–Crippen MR) is 120 cm³/mol. The SMILES string of the molecule is COc1ccc(CN2CCN(C(=O)C(c3ccccc3)c3ccccc3)CC2)cc1. The van der Waals surface area contributed by atoms with Crippen LogP contribution in [0.25, 0.3) is 0 Å². The lowest BCUT2D eigenvalue weighted by Gasteiger charge is -2.36. The Bertz CT molecular complexity index is 894. The maximum Gasteiger partial charge on any atom is 0.234 e. The van der Waals surface area contributed by atoms with Gasteiger partial charge in [0.1, 0.15) is 5.75 Å². The van der Waals surface area contributed by atoms with Crippen LogP contribution in [0.2, 0.25) is 0 Å². The monoisotopic (exact) mass is 400 g/mol. The molecule has 4 rings (SSSR count). The molecule has 3 aromatic carbocycles. The minimum Gasteiger partial charge on any atom is -0.497 e. The van der Waals surface area contributed by atoms with Crippen LogP contribution in [0, 0.1) is 0 Å². The molecular formula is C26H28N2O2. The Kier molecular flexibility index (Phi) is 6.45. The van der Waals surface area contributed by atoms with Crippen molar-refractivity contribution < 1.29 is 9.53 Å². The standard InChI is InChI=1S/C26H28N2O2/c1-30-24-14-12-21(13-15-24)20-27-16-18-28(19-17-27)26(29)25(22-8-4-2-5-9-22)23-10-6-3-7-11-23/h2-15,25H,16-20H2,1H3. The molecular weight excluding hydrogens is 372 g/mol. The molecule has 0 aliphatic carbocycles. The molecule has 0 spiro atoms. The van der Waals surface area contributed by atoms with Gasteiger partial charge in [-0.25, -0.2) is 0 Å². The molecule has 3 aromatic rings. The van der Waals surface area contributed by atoms with Gasteiger partial charge in [0.25, 0.3) is 0 Å². The minimum atomic E-state index is -0.250. The fourth-order valence-corrected chi connectivity index (χ4v) is 4.07. The Morgan fingerprint density at radius 1 is 0.800 bits per heavy atom. The third-order valence-corrected chi connectivity index (χ3v) is 5.76. The van der Waals surface area contributed by atoms with Crippen molar-refractivity contribution in [1.82, 2.24) is 9.80 Å². The van der Waals surface area contributed by atoms with Crippen LogP contribution in [-0.2, 0) is 11.3 Å². The lowest BCUT2D eigenvalue weighted by molar-refractivity contribution is -0.133. The number of nitrogens with zero attached hydrogens (tertiary/aromatic N) is 2. The van der Waals surface area contributed by atoms with Crippen LogP contribution in [0.3, 0.4) is 0 Å². The zero-order valence-corrected chi connectivity index (χ0v) is 17.4. The van der Waals surface area contributed by atoms with Crippen molar-refractivity contribution in [2.45, 2.75) is 12.5 Å². The summed E-state index contributed by atoms with van der Waals surface area (Å²) in [5.41, 5.74) is 3.37. The van der Waals surface area contributed by atoms with Gasteiger partial charge in [0.2, 0.25) is 5.91 Å². The van der Waals surface area contributed by atoms with Gasteiger partial charge < -0.3 is 9.64 Å². The first-order valence-electron chi connectivity index (χ1n) is 10.5. The first kappa shape index (κ1) is 20.2. The zero-order valence-electron chi connectivity index (χ0n) is 17.4. The van der Waals surface area contributed by atoms with Gasteiger partial charge in [-0.2, -0.15) is 0 Å². The maximum atomic E-state index is 13.5. The average Bonchev–Trinajstić information content (AvgIpc) is 2.81. The molecule has 1 heterocycles. The van der Waals surface area contributed by atoms with Gasteiger partial charge >= 0.3 is 0 Å². The van der Waals surface area contributed by atoms with Crippen molar-refractivity contribution in [2.75, 3.05) is 33.3 Å². The number of hydrogen-bond acceptors (Lipinski definition) is 3. The Balaban J connectivity index is 1.42. The average molecular weight is 401 g/mol. The summed E-state index contributed by atoms with van der Waals surface area (Å²) in [6, 6.07) is 28.4. The highest BCUT2D eigenvalue weighted by atomic mass is 16.5. The third-order valence-electron chi connectivity index (χ3n) is 5.76. The Morgan fingerprint density at radius 3 is 1.83 bits per heavy atom. The highest BCUT2D eigenvalue weighted by Gasteiger charge is 2.29. The molecule has 1 aliphatic heterocycles. The van der Waals surface area contributed by atoms with Crippen molar-refractivity contribution >= 4 is 5.91 Å². The normalized spacial score (nSPS) is 14.7. The fraction of sp³-hybridized carbons (Fsp3) is 0.269. The van der Waals surface area contributed by atoms with Crippen LogP contribution < -0.4 is 4.74 Å². The number of piperazine rings is 1. The molecule has 0 N–H and O–H groups in total. The van der Waals surface area contributed by atoms with Crippen LogP contribution in [0.5, 0.6) is 5.75 Å². The summed E-state index contributed by atoms with van der Waals surface area (Å²) >= 11 is 0. The number of hydrogen-bond donors (Lipinski definition) is 0. The van der Waals surface area contributed by atoms with Crippen molar-refractivity contribution in [3.8, 4) is 5.75 Å². The minimum absolute atomic E-state index is 0.191. The molecule has 0 atom stereocenters. The zero-order chi connectivity index (χ0) is 20.8. The van der Waals surface area contributed by atoms with Crippen molar-refractivity contribution in [2.24, 2.45) is 0 Å². The number of amides is 1.